The van der Waals surface area contributed by atoms with Crippen LogP contribution in [-0.4, -0.2) is 24.5 Å². The van der Waals surface area contributed by atoms with Crippen molar-refractivity contribution < 1.29 is 0 Å². The van der Waals surface area contributed by atoms with Gasteiger partial charge in [-0.3, -0.25) is 10.4 Å². The van der Waals surface area contributed by atoms with Gasteiger partial charge in [-0.1, -0.05) is 30.7 Å². The third-order valence-corrected chi connectivity index (χ3v) is 2.56. The van der Waals surface area contributed by atoms with Crippen LogP contribution in [0.15, 0.2) is 29.3 Å². The van der Waals surface area contributed by atoms with Crippen molar-refractivity contribution in [3.63, 3.8) is 0 Å². The molecule has 0 aliphatic rings. The van der Waals surface area contributed by atoms with Crippen molar-refractivity contribution in [3.05, 3.63) is 34.9 Å². The highest BCUT2D eigenvalue weighted by molar-refractivity contribution is 6.30. The van der Waals surface area contributed by atoms with Crippen molar-refractivity contribution in [3.8, 4) is 0 Å². The van der Waals surface area contributed by atoms with Crippen LogP contribution < -0.4 is 11.3 Å². The van der Waals surface area contributed by atoms with Crippen molar-refractivity contribution >= 4 is 17.6 Å². The molecule has 0 radical (unpaired) electrons. The number of hydrogen-bond acceptors (Lipinski definition) is 2. The molecular weight excluding hydrogens is 236 g/mol. The molecule has 0 saturated heterocycles. The smallest absolute Gasteiger partial charge is 0.208 e. The van der Waals surface area contributed by atoms with E-state index >= 15 is 0 Å². The molecule has 0 fully saturated rings. The molecule has 0 aliphatic carbocycles. The second-order valence-corrected chi connectivity index (χ2v) is 4.27. The molecule has 0 heterocycles. The Morgan fingerprint density at radius 1 is 1.41 bits per heavy atom. The van der Waals surface area contributed by atoms with Gasteiger partial charge in [-0.05, 0) is 24.1 Å². The number of nitrogens with zero attached hydrogens (tertiary/aromatic N) is 2. The monoisotopic (exact) mass is 254 g/mol. The molecule has 0 amide bonds. The summed E-state index contributed by atoms with van der Waals surface area (Å²) in [5, 5.41) is 0.744. The average Bonchev–Trinajstić information content (AvgIpc) is 2.33. The SMILES string of the molecule is CCCN=C(NN)N(C)Cc1ccc(Cl)cc1. The van der Waals surface area contributed by atoms with Crippen LogP contribution >= 0.6 is 11.6 Å². The number of nitrogens with one attached hydrogen (secondary N) is 1. The minimum Gasteiger partial charge on any atom is -0.341 e. The van der Waals surface area contributed by atoms with Crippen LogP contribution in [-0.2, 0) is 6.54 Å². The first-order valence-corrected chi connectivity index (χ1v) is 6.01. The Kier molecular flexibility index (Phi) is 5.80. The number of rotatable bonds is 4. The molecule has 0 aliphatic heterocycles. The minimum atomic E-state index is 0.696. The standard InChI is InChI=1S/C12H19ClN4/c1-3-8-15-12(16-14)17(2)9-10-4-6-11(13)7-5-10/h4-7H,3,8-9,14H2,1-2H3,(H,15,16). The highest BCUT2D eigenvalue weighted by Gasteiger charge is 2.05. The zero-order valence-electron chi connectivity index (χ0n) is 10.3. The number of nitrogens with two attached hydrogens (primary N) is 1. The fourth-order valence-corrected chi connectivity index (χ4v) is 1.56. The number of hydrogen-bond donors (Lipinski definition) is 2. The molecule has 1 aromatic rings. The van der Waals surface area contributed by atoms with E-state index in [2.05, 4.69) is 17.3 Å². The van der Waals surface area contributed by atoms with E-state index in [1.54, 1.807) is 0 Å². The normalized spacial score (nSPS) is 11.4. The average molecular weight is 255 g/mol. The van der Waals surface area contributed by atoms with Crippen LogP contribution in [0.5, 0.6) is 0 Å². The summed E-state index contributed by atoms with van der Waals surface area (Å²) in [5.74, 6) is 6.14. The summed E-state index contributed by atoms with van der Waals surface area (Å²) in [6.07, 6.45) is 1.000. The van der Waals surface area contributed by atoms with E-state index in [4.69, 9.17) is 17.4 Å². The van der Waals surface area contributed by atoms with Gasteiger partial charge in [-0.2, -0.15) is 0 Å². The molecule has 94 valence electrons. The van der Waals surface area contributed by atoms with Gasteiger partial charge in [0.25, 0.3) is 0 Å². The van der Waals surface area contributed by atoms with Crippen LogP contribution in [0.1, 0.15) is 18.9 Å². The summed E-state index contributed by atoms with van der Waals surface area (Å²) in [6.45, 7) is 3.59. The molecule has 3 N–H and O–H groups in total. The minimum absolute atomic E-state index is 0.696. The van der Waals surface area contributed by atoms with Crippen LogP contribution in [0.25, 0.3) is 0 Å². The Morgan fingerprint density at radius 2 is 2.06 bits per heavy atom. The predicted octanol–water partition coefficient (Wildman–Crippen LogP) is 2.00. The van der Waals surface area contributed by atoms with Gasteiger partial charge in [0, 0.05) is 25.2 Å². The van der Waals surface area contributed by atoms with E-state index in [0.29, 0.717) is 5.96 Å². The number of guanidine groups is 1. The highest BCUT2D eigenvalue weighted by Crippen LogP contribution is 2.10. The van der Waals surface area contributed by atoms with Gasteiger partial charge < -0.3 is 4.90 Å². The van der Waals surface area contributed by atoms with Gasteiger partial charge in [0.15, 0.2) is 0 Å². The van der Waals surface area contributed by atoms with Crippen molar-refractivity contribution in [2.75, 3.05) is 13.6 Å². The molecule has 0 unspecified atom stereocenters. The molecular formula is C12H19ClN4. The lowest BCUT2D eigenvalue weighted by molar-refractivity contribution is 0.477. The van der Waals surface area contributed by atoms with Gasteiger partial charge in [0.2, 0.25) is 5.96 Å². The molecule has 0 bridgehead atoms. The first kappa shape index (κ1) is 13.8. The quantitative estimate of drug-likeness (QED) is 0.374. The molecule has 0 atom stereocenters. The van der Waals surface area contributed by atoms with E-state index < -0.39 is 0 Å². The van der Waals surface area contributed by atoms with Crippen molar-refractivity contribution in [2.45, 2.75) is 19.9 Å². The lowest BCUT2D eigenvalue weighted by Crippen LogP contribution is -2.42. The molecule has 0 spiro atoms. The largest absolute Gasteiger partial charge is 0.341 e. The summed E-state index contributed by atoms with van der Waals surface area (Å²) in [7, 11) is 1.95. The maximum Gasteiger partial charge on any atom is 0.208 e. The summed E-state index contributed by atoms with van der Waals surface area (Å²) in [5.41, 5.74) is 3.78. The summed E-state index contributed by atoms with van der Waals surface area (Å²) in [4.78, 5) is 6.33. The summed E-state index contributed by atoms with van der Waals surface area (Å²) in [6, 6.07) is 7.74. The highest BCUT2D eigenvalue weighted by atomic mass is 35.5. The van der Waals surface area contributed by atoms with Gasteiger partial charge in [-0.25, -0.2) is 5.84 Å². The van der Waals surface area contributed by atoms with Crippen molar-refractivity contribution in [2.24, 2.45) is 10.8 Å². The molecule has 17 heavy (non-hydrogen) atoms. The fourth-order valence-electron chi connectivity index (χ4n) is 1.43. The summed E-state index contributed by atoms with van der Waals surface area (Å²) >= 11 is 5.84. The second kappa shape index (κ2) is 7.14. The van der Waals surface area contributed by atoms with Gasteiger partial charge in [0.05, 0.1) is 0 Å². The zero-order chi connectivity index (χ0) is 12.7. The number of benzene rings is 1. The van der Waals surface area contributed by atoms with Crippen LogP contribution in [0.3, 0.4) is 0 Å². The molecule has 0 aromatic heterocycles. The van der Waals surface area contributed by atoms with Crippen LogP contribution in [0, 0.1) is 0 Å². The van der Waals surface area contributed by atoms with E-state index in [1.807, 2.05) is 36.2 Å². The van der Waals surface area contributed by atoms with Gasteiger partial charge in [-0.15, -0.1) is 0 Å². The maximum absolute atomic E-state index is 5.84. The Bertz CT molecular complexity index is 361. The van der Waals surface area contributed by atoms with Crippen LogP contribution in [0.4, 0.5) is 0 Å². The Labute approximate surface area is 107 Å². The number of hydrazine groups is 1. The van der Waals surface area contributed by atoms with Gasteiger partial charge >= 0.3 is 0 Å². The molecule has 5 heteroatoms. The summed E-state index contributed by atoms with van der Waals surface area (Å²) < 4.78 is 0. The second-order valence-electron chi connectivity index (χ2n) is 3.83. The predicted molar refractivity (Wildman–Crippen MR) is 72.8 cm³/mol. The molecule has 1 aromatic carbocycles. The third-order valence-electron chi connectivity index (χ3n) is 2.31. The Hall–Kier alpha value is -1.26. The maximum atomic E-state index is 5.84. The Morgan fingerprint density at radius 3 is 2.59 bits per heavy atom. The van der Waals surface area contributed by atoms with Crippen molar-refractivity contribution in [1.29, 1.82) is 0 Å². The first-order valence-electron chi connectivity index (χ1n) is 5.64. The third kappa shape index (κ3) is 4.63. The van der Waals surface area contributed by atoms with Gasteiger partial charge in [0.1, 0.15) is 0 Å². The Balaban J connectivity index is 2.63. The molecule has 4 nitrogen and oxygen atoms in total. The number of aliphatic imine (C=N–C) groups is 1. The van der Waals surface area contributed by atoms with Crippen LogP contribution in [0.2, 0.25) is 5.02 Å². The van der Waals surface area contributed by atoms with E-state index in [-0.39, 0.29) is 0 Å². The lowest BCUT2D eigenvalue weighted by atomic mass is 10.2. The topological polar surface area (TPSA) is 53.6 Å². The zero-order valence-corrected chi connectivity index (χ0v) is 11.0. The van der Waals surface area contributed by atoms with E-state index in [1.165, 1.54) is 0 Å². The number of halogens is 1. The first-order chi connectivity index (χ1) is 8.17. The fraction of sp³-hybridized carbons (Fsp3) is 0.417. The lowest BCUT2D eigenvalue weighted by Gasteiger charge is -2.20. The van der Waals surface area contributed by atoms with E-state index in [0.717, 1.165) is 30.1 Å². The molecule has 0 saturated carbocycles. The van der Waals surface area contributed by atoms with E-state index in [9.17, 15) is 0 Å². The molecule has 1 rings (SSSR count). The van der Waals surface area contributed by atoms with Crippen molar-refractivity contribution in [1.82, 2.24) is 10.3 Å².